The molecule has 0 radical (unpaired) electrons. The van der Waals surface area contributed by atoms with Gasteiger partial charge in [0.25, 0.3) is 5.91 Å². The number of carbonyl (C=O) groups is 3. The van der Waals surface area contributed by atoms with Crippen molar-refractivity contribution >= 4 is 27.9 Å². The molecule has 114 valence electrons. The first-order chi connectivity index (χ1) is 9.76. The minimum Gasteiger partial charge on any atom is -0.452 e. The molecule has 0 bridgehead atoms. The summed E-state index contributed by atoms with van der Waals surface area (Å²) in [6, 6.07) is 3.99. The molecule has 0 aliphatic rings. The van der Waals surface area contributed by atoms with Crippen LogP contribution in [0.2, 0.25) is 0 Å². The minimum atomic E-state index is -3.70. The summed E-state index contributed by atoms with van der Waals surface area (Å²) in [5.74, 6) is -1.81. The molecule has 10 heteroatoms. The van der Waals surface area contributed by atoms with Crippen molar-refractivity contribution in [1.29, 1.82) is 0 Å². The van der Waals surface area contributed by atoms with Gasteiger partial charge in [-0.3, -0.25) is 10.1 Å². The van der Waals surface area contributed by atoms with E-state index in [2.05, 4.69) is 9.46 Å². The summed E-state index contributed by atoms with van der Waals surface area (Å²) in [6.45, 7) is -0.717. The molecule has 0 unspecified atom stereocenters. The smallest absolute Gasteiger partial charge is 0.338 e. The second kappa shape index (κ2) is 6.81. The molecule has 0 saturated carbocycles. The quantitative estimate of drug-likeness (QED) is 0.591. The maximum atomic E-state index is 11.7. The van der Waals surface area contributed by atoms with E-state index in [1.165, 1.54) is 25.2 Å². The normalized spacial score (nSPS) is 10.7. The summed E-state index contributed by atoms with van der Waals surface area (Å²) >= 11 is 0. The molecular weight excluding hydrogens is 302 g/mol. The summed E-state index contributed by atoms with van der Waals surface area (Å²) in [7, 11) is -2.47. The van der Waals surface area contributed by atoms with Crippen molar-refractivity contribution < 1.29 is 27.5 Å². The van der Waals surface area contributed by atoms with Crippen molar-refractivity contribution in [1.82, 2.24) is 10.0 Å². The van der Waals surface area contributed by atoms with Gasteiger partial charge in [0, 0.05) is 0 Å². The molecule has 0 aromatic heterocycles. The van der Waals surface area contributed by atoms with E-state index in [1.807, 2.05) is 0 Å². The monoisotopic (exact) mass is 315 g/mol. The molecule has 0 fully saturated rings. The van der Waals surface area contributed by atoms with Crippen LogP contribution in [0.25, 0.3) is 0 Å². The van der Waals surface area contributed by atoms with Crippen LogP contribution in [-0.4, -0.2) is 40.0 Å². The van der Waals surface area contributed by atoms with E-state index in [1.54, 1.807) is 5.32 Å². The topological polar surface area (TPSA) is 145 Å². The van der Waals surface area contributed by atoms with Crippen LogP contribution in [0.4, 0.5) is 4.79 Å². The number of carbonyl (C=O) groups excluding carboxylic acids is 3. The SMILES string of the molecule is CNS(=O)(=O)c1cccc(C(=O)OCC(=O)NC(N)=O)c1. The zero-order chi connectivity index (χ0) is 16.0. The number of amides is 3. The molecule has 9 nitrogen and oxygen atoms in total. The Hall–Kier alpha value is -2.46. The predicted molar refractivity (Wildman–Crippen MR) is 70.7 cm³/mol. The fraction of sp³-hybridized carbons (Fsp3) is 0.182. The molecule has 21 heavy (non-hydrogen) atoms. The van der Waals surface area contributed by atoms with E-state index in [0.717, 1.165) is 6.07 Å². The minimum absolute atomic E-state index is 0.0572. The van der Waals surface area contributed by atoms with Crippen LogP contribution in [0.5, 0.6) is 0 Å². The molecule has 0 aliphatic heterocycles. The Labute approximate surface area is 120 Å². The highest BCUT2D eigenvalue weighted by Crippen LogP contribution is 2.12. The number of ether oxygens (including phenoxy) is 1. The molecule has 0 saturated heterocycles. The summed E-state index contributed by atoms with van der Waals surface area (Å²) in [5, 5.41) is 1.71. The Morgan fingerprint density at radius 3 is 2.52 bits per heavy atom. The van der Waals surface area contributed by atoms with Gasteiger partial charge in [0.1, 0.15) is 0 Å². The number of nitrogens with one attached hydrogen (secondary N) is 2. The lowest BCUT2D eigenvalue weighted by atomic mass is 10.2. The van der Waals surface area contributed by atoms with Crippen LogP contribution in [0.15, 0.2) is 29.2 Å². The van der Waals surface area contributed by atoms with E-state index >= 15 is 0 Å². The summed E-state index contributed by atoms with van der Waals surface area (Å²) in [6.07, 6.45) is 0. The third-order valence-electron chi connectivity index (χ3n) is 2.25. The molecule has 4 N–H and O–H groups in total. The average molecular weight is 315 g/mol. The number of rotatable bonds is 5. The van der Waals surface area contributed by atoms with Gasteiger partial charge in [0.2, 0.25) is 10.0 Å². The number of esters is 1. The number of imide groups is 1. The molecule has 3 amide bonds. The second-order valence-electron chi connectivity index (χ2n) is 3.72. The van der Waals surface area contributed by atoms with E-state index in [4.69, 9.17) is 5.73 Å². The lowest BCUT2D eigenvalue weighted by Gasteiger charge is -2.06. The highest BCUT2D eigenvalue weighted by molar-refractivity contribution is 7.89. The molecule has 1 rings (SSSR count). The average Bonchev–Trinajstić information content (AvgIpc) is 2.44. The van der Waals surface area contributed by atoms with E-state index in [9.17, 15) is 22.8 Å². The summed E-state index contributed by atoms with van der Waals surface area (Å²) in [4.78, 5) is 33.0. The molecular formula is C11H13N3O6S. The van der Waals surface area contributed by atoms with Crippen molar-refractivity contribution in [2.75, 3.05) is 13.7 Å². The van der Waals surface area contributed by atoms with Gasteiger partial charge in [-0.05, 0) is 25.2 Å². The molecule has 0 atom stereocenters. The standard InChI is InChI=1S/C11H13N3O6S/c1-13-21(18,19)8-4-2-3-7(5-8)10(16)20-6-9(15)14-11(12)17/h2-5,13H,6H2,1H3,(H3,12,14,15,17). The molecule has 0 heterocycles. The maximum Gasteiger partial charge on any atom is 0.338 e. The highest BCUT2D eigenvalue weighted by atomic mass is 32.2. The zero-order valence-corrected chi connectivity index (χ0v) is 11.8. The Bertz CT molecular complexity index is 670. The van der Waals surface area contributed by atoms with Crippen LogP contribution < -0.4 is 15.8 Å². The van der Waals surface area contributed by atoms with Gasteiger partial charge >= 0.3 is 12.0 Å². The third kappa shape index (κ3) is 4.85. The van der Waals surface area contributed by atoms with Crippen molar-refractivity contribution in [3.63, 3.8) is 0 Å². The van der Waals surface area contributed by atoms with Crippen LogP contribution >= 0.6 is 0 Å². The first kappa shape index (κ1) is 16.6. The lowest BCUT2D eigenvalue weighted by molar-refractivity contribution is -0.123. The van der Waals surface area contributed by atoms with Crippen LogP contribution in [0.1, 0.15) is 10.4 Å². The lowest BCUT2D eigenvalue weighted by Crippen LogP contribution is -2.37. The van der Waals surface area contributed by atoms with Crippen LogP contribution in [-0.2, 0) is 19.6 Å². The zero-order valence-electron chi connectivity index (χ0n) is 11.0. The number of primary amides is 1. The number of hydrogen-bond acceptors (Lipinski definition) is 6. The first-order valence-corrected chi connectivity index (χ1v) is 7.04. The fourth-order valence-corrected chi connectivity index (χ4v) is 2.07. The van der Waals surface area contributed by atoms with Gasteiger partial charge in [0.15, 0.2) is 6.61 Å². The second-order valence-corrected chi connectivity index (χ2v) is 5.61. The van der Waals surface area contributed by atoms with Gasteiger partial charge in [0.05, 0.1) is 10.5 Å². The molecule has 0 aliphatic carbocycles. The van der Waals surface area contributed by atoms with Crippen molar-refractivity contribution in [3.05, 3.63) is 29.8 Å². The molecule has 0 spiro atoms. The number of urea groups is 1. The number of benzene rings is 1. The predicted octanol–water partition coefficient (Wildman–Crippen LogP) is -1.05. The highest BCUT2D eigenvalue weighted by Gasteiger charge is 2.16. The third-order valence-corrected chi connectivity index (χ3v) is 3.66. The van der Waals surface area contributed by atoms with E-state index < -0.39 is 34.5 Å². The molecule has 1 aromatic carbocycles. The Kier molecular flexibility index (Phi) is 5.38. The van der Waals surface area contributed by atoms with Crippen molar-refractivity contribution in [3.8, 4) is 0 Å². The number of hydrogen-bond donors (Lipinski definition) is 3. The molecule has 1 aromatic rings. The Morgan fingerprint density at radius 1 is 1.29 bits per heavy atom. The Balaban J connectivity index is 2.78. The van der Waals surface area contributed by atoms with Gasteiger partial charge in [-0.25, -0.2) is 22.7 Å². The van der Waals surface area contributed by atoms with Crippen LogP contribution in [0.3, 0.4) is 0 Å². The van der Waals surface area contributed by atoms with Gasteiger partial charge < -0.3 is 10.5 Å². The Morgan fingerprint density at radius 2 is 1.95 bits per heavy atom. The van der Waals surface area contributed by atoms with E-state index in [0.29, 0.717) is 0 Å². The summed E-state index contributed by atoms with van der Waals surface area (Å²) < 4.78 is 29.9. The van der Waals surface area contributed by atoms with Crippen molar-refractivity contribution in [2.24, 2.45) is 5.73 Å². The number of sulfonamides is 1. The maximum absolute atomic E-state index is 11.7. The van der Waals surface area contributed by atoms with Crippen LogP contribution in [0, 0.1) is 0 Å². The van der Waals surface area contributed by atoms with Crippen molar-refractivity contribution in [2.45, 2.75) is 4.90 Å². The first-order valence-electron chi connectivity index (χ1n) is 5.56. The van der Waals surface area contributed by atoms with Gasteiger partial charge in [-0.2, -0.15) is 0 Å². The largest absolute Gasteiger partial charge is 0.452 e. The fourth-order valence-electron chi connectivity index (χ4n) is 1.30. The number of nitrogens with two attached hydrogens (primary N) is 1. The van der Waals surface area contributed by atoms with Gasteiger partial charge in [-0.1, -0.05) is 6.07 Å². The van der Waals surface area contributed by atoms with E-state index in [-0.39, 0.29) is 10.5 Å². The summed E-state index contributed by atoms with van der Waals surface area (Å²) in [5.41, 5.74) is 4.65. The van der Waals surface area contributed by atoms with Gasteiger partial charge in [-0.15, -0.1) is 0 Å².